The molecule has 1 aromatic carbocycles. The third kappa shape index (κ3) is 2.78. The van der Waals surface area contributed by atoms with Gasteiger partial charge >= 0.3 is 0 Å². The molecule has 1 unspecified atom stereocenters. The lowest BCUT2D eigenvalue weighted by Gasteiger charge is -2.21. The Morgan fingerprint density at radius 2 is 2.18 bits per heavy atom. The fourth-order valence-corrected chi connectivity index (χ4v) is 2.36. The van der Waals surface area contributed by atoms with Gasteiger partial charge < -0.3 is 5.32 Å². The van der Waals surface area contributed by atoms with Gasteiger partial charge in [-0.05, 0) is 39.3 Å². The van der Waals surface area contributed by atoms with Crippen molar-refractivity contribution in [2.24, 2.45) is 0 Å². The van der Waals surface area contributed by atoms with Crippen LogP contribution < -0.4 is 5.32 Å². The average Bonchev–Trinajstić information content (AvgIpc) is 2.73. The summed E-state index contributed by atoms with van der Waals surface area (Å²) in [4.78, 5) is 2.45. The van der Waals surface area contributed by atoms with Gasteiger partial charge in [0.1, 0.15) is 5.82 Å². The van der Waals surface area contributed by atoms with Crippen molar-refractivity contribution in [3.63, 3.8) is 0 Å². The Morgan fingerprint density at radius 3 is 2.82 bits per heavy atom. The fourth-order valence-electron chi connectivity index (χ4n) is 2.36. The molecular weight excluding hydrogens is 215 g/mol. The summed E-state index contributed by atoms with van der Waals surface area (Å²) in [5, 5.41) is 3.45. The van der Waals surface area contributed by atoms with Gasteiger partial charge in [0.05, 0.1) is 0 Å². The molecule has 1 aliphatic rings. The topological polar surface area (TPSA) is 15.3 Å². The number of rotatable bonds is 3. The predicted octanol–water partition coefficient (Wildman–Crippen LogP) is 3.03. The maximum Gasteiger partial charge on any atom is 0.128 e. The van der Waals surface area contributed by atoms with Crippen LogP contribution in [0.25, 0.3) is 0 Å². The van der Waals surface area contributed by atoms with Gasteiger partial charge in [-0.25, -0.2) is 4.39 Å². The lowest BCUT2D eigenvalue weighted by molar-refractivity contribution is 0.274. The molecule has 1 heterocycles. The molecule has 0 radical (unpaired) electrons. The maximum atomic E-state index is 13.4. The number of hydrogen-bond donors (Lipinski definition) is 1. The van der Waals surface area contributed by atoms with E-state index in [1.807, 2.05) is 13.0 Å². The zero-order valence-corrected chi connectivity index (χ0v) is 10.8. The van der Waals surface area contributed by atoms with Gasteiger partial charge in [0.2, 0.25) is 0 Å². The van der Waals surface area contributed by atoms with E-state index in [4.69, 9.17) is 0 Å². The van der Waals surface area contributed by atoms with E-state index in [1.165, 1.54) is 6.07 Å². The number of hydrogen-bond acceptors (Lipinski definition) is 2. The van der Waals surface area contributed by atoms with Crippen molar-refractivity contribution in [2.45, 2.75) is 39.3 Å². The van der Waals surface area contributed by atoms with Gasteiger partial charge in [-0.1, -0.05) is 6.07 Å². The first-order valence-electron chi connectivity index (χ1n) is 6.33. The van der Waals surface area contributed by atoms with Crippen LogP contribution in [0.4, 0.5) is 10.1 Å². The zero-order chi connectivity index (χ0) is 12.4. The molecule has 94 valence electrons. The highest BCUT2D eigenvalue weighted by atomic mass is 19.1. The van der Waals surface area contributed by atoms with E-state index in [0.29, 0.717) is 12.1 Å². The molecule has 1 N–H and O–H groups in total. The summed E-state index contributed by atoms with van der Waals surface area (Å²) in [5.41, 5.74) is 1.65. The molecule has 0 amide bonds. The second-order valence-electron chi connectivity index (χ2n) is 5.13. The second-order valence-corrected chi connectivity index (χ2v) is 5.13. The highest BCUT2D eigenvalue weighted by Crippen LogP contribution is 2.22. The van der Waals surface area contributed by atoms with Gasteiger partial charge in [0, 0.05) is 36.4 Å². The summed E-state index contributed by atoms with van der Waals surface area (Å²) in [5.74, 6) is -0.131. The minimum Gasteiger partial charge on any atom is -0.381 e. The van der Waals surface area contributed by atoms with Crippen LogP contribution in [0.15, 0.2) is 18.2 Å². The predicted molar refractivity (Wildman–Crippen MR) is 69.9 cm³/mol. The Bertz CT molecular complexity index is 390. The Balaban J connectivity index is 2.00. The second kappa shape index (κ2) is 5.05. The first kappa shape index (κ1) is 12.4. The number of nitrogens with zero attached hydrogens (tertiary/aromatic N) is 1. The van der Waals surface area contributed by atoms with Gasteiger partial charge in [-0.2, -0.15) is 0 Å². The first-order valence-corrected chi connectivity index (χ1v) is 6.33. The van der Waals surface area contributed by atoms with Crippen LogP contribution in [-0.2, 0) is 0 Å². The van der Waals surface area contributed by atoms with Crippen LogP contribution in [0, 0.1) is 12.7 Å². The van der Waals surface area contributed by atoms with Crippen LogP contribution in [0.5, 0.6) is 0 Å². The molecule has 3 heteroatoms. The highest BCUT2D eigenvalue weighted by Gasteiger charge is 2.24. The summed E-state index contributed by atoms with van der Waals surface area (Å²) >= 11 is 0. The first-order chi connectivity index (χ1) is 8.08. The third-order valence-electron chi connectivity index (χ3n) is 3.58. The normalized spacial score (nSPS) is 21.1. The lowest BCUT2D eigenvalue weighted by Crippen LogP contribution is -2.31. The molecule has 2 nitrogen and oxygen atoms in total. The molecule has 0 spiro atoms. The molecule has 1 saturated heterocycles. The van der Waals surface area contributed by atoms with E-state index < -0.39 is 0 Å². The Morgan fingerprint density at radius 1 is 1.41 bits per heavy atom. The number of benzene rings is 1. The Labute approximate surface area is 103 Å². The van der Waals surface area contributed by atoms with Crippen molar-refractivity contribution in [2.75, 3.05) is 18.4 Å². The van der Waals surface area contributed by atoms with Crippen molar-refractivity contribution in [3.05, 3.63) is 29.6 Å². The van der Waals surface area contributed by atoms with Gasteiger partial charge in [-0.3, -0.25) is 4.90 Å². The summed E-state index contributed by atoms with van der Waals surface area (Å²) in [6.07, 6.45) is 1.13. The largest absolute Gasteiger partial charge is 0.381 e. The van der Waals surface area contributed by atoms with E-state index in [9.17, 15) is 4.39 Å². The monoisotopic (exact) mass is 236 g/mol. The van der Waals surface area contributed by atoms with Crippen molar-refractivity contribution in [1.82, 2.24) is 4.90 Å². The molecule has 1 aromatic rings. The average molecular weight is 236 g/mol. The Hall–Kier alpha value is -1.09. The highest BCUT2D eigenvalue weighted by molar-refractivity contribution is 5.51. The Kier molecular flexibility index (Phi) is 3.67. The summed E-state index contributed by atoms with van der Waals surface area (Å²) in [6, 6.07) is 6.26. The fraction of sp³-hybridized carbons (Fsp3) is 0.571. The summed E-state index contributed by atoms with van der Waals surface area (Å²) < 4.78 is 13.4. The third-order valence-corrected chi connectivity index (χ3v) is 3.58. The smallest absolute Gasteiger partial charge is 0.128 e. The molecule has 17 heavy (non-hydrogen) atoms. The number of halogens is 1. The minimum absolute atomic E-state index is 0.131. The van der Waals surface area contributed by atoms with E-state index in [-0.39, 0.29) is 5.82 Å². The molecular formula is C14H21FN2. The van der Waals surface area contributed by atoms with Crippen LogP contribution in [0.3, 0.4) is 0 Å². The summed E-state index contributed by atoms with van der Waals surface area (Å²) in [7, 11) is 0. The van der Waals surface area contributed by atoms with Gasteiger partial charge in [0.15, 0.2) is 0 Å². The molecule has 0 saturated carbocycles. The van der Waals surface area contributed by atoms with Crippen LogP contribution in [-0.4, -0.2) is 30.1 Å². The van der Waals surface area contributed by atoms with Crippen molar-refractivity contribution in [1.29, 1.82) is 0 Å². The van der Waals surface area contributed by atoms with Crippen LogP contribution in [0.2, 0.25) is 0 Å². The van der Waals surface area contributed by atoms with Crippen molar-refractivity contribution in [3.8, 4) is 0 Å². The van der Waals surface area contributed by atoms with Gasteiger partial charge in [0.25, 0.3) is 0 Å². The van der Waals surface area contributed by atoms with Crippen LogP contribution >= 0.6 is 0 Å². The zero-order valence-electron chi connectivity index (χ0n) is 10.8. The SMILES string of the molecule is Cc1c(F)cccc1NC1CCN(C(C)C)C1. The van der Waals surface area contributed by atoms with Gasteiger partial charge in [-0.15, -0.1) is 0 Å². The molecule has 0 bridgehead atoms. The summed E-state index contributed by atoms with van der Waals surface area (Å²) in [6.45, 7) is 8.44. The molecule has 1 fully saturated rings. The molecule has 2 rings (SSSR count). The lowest BCUT2D eigenvalue weighted by atomic mass is 10.1. The molecule has 1 aliphatic heterocycles. The minimum atomic E-state index is -0.131. The number of likely N-dealkylation sites (tertiary alicyclic amines) is 1. The quantitative estimate of drug-likeness (QED) is 0.867. The molecule has 0 aromatic heterocycles. The molecule has 1 atom stereocenters. The van der Waals surface area contributed by atoms with E-state index in [2.05, 4.69) is 24.1 Å². The van der Waals surface area contributed by atoms with E-state index in [1.54, 1.807) is 6.07 Å². The van der Waals surface area contributed by atoms with E-state index >= 15 is 0 Å². The van der Waals surface area contributed by atoms with Crippen molar-refractivity contribution >= 4 is 5.69 Å². The molecule has 0 aliphatic carbocycles. The standard InChI is InChI=1S/C14H21FN2/c1-10(2)17-8-7-12(9-17)16-14-6-4-5-13(15)11(14)3/h4-6,10,12,16H,7-9H2,1-3H3. The number of anilines is 1. The van der Waals surface area contributed by atoms with Crippen molar-refractivity contribution < 1.29 is 4.39 Å². The maximum absolute atomic E-state index is 13.4. The van der Waals surface area contributed by atoms with Crippen LogP contribution in [0.1, 0.15) is 25.8 Å². The van der Waals surface area contributed by atoms with E-state index in [0.717, 1.165) is 30.8 Å². The number of nitrogens with one attached hydrogen (secondary N) is 1.